The number of aromatic nitrogens is 4. The molecule has 1 fully saturated rings. The second kappa shape index (κ2) is 7.63. The Bertz CT molecular complexity index is 1130. The summed E-state index contributed by atoms with van der Waals surface area (Å²) < 4.78 is 1.15. The third-order valence-electron chi connectivity index (χ3n) is 5.00. The van der Waals surface area contributed by atoms with Crippen molar-refractivity contribution in [3.05, 3.63) is 69.4 Å². The maximum atomic E-state index is 13.1. The Morgan fingerprint density at radius 2 is 1.97 bits per heavy atom. The van der Waals surface area contributed by atoms with Gasteiger partial charge in [0, 0.05) is 36.4 Å². The molecule has 1 saturated heterocycles. The molecule has 4 rings (SSSR count). The summed E-state index contributed by atoms with van der Waals surface area (Å²) in [6, 6.07) is 9.89. The van der Waals surface area contributed by atoms with Gasteiger partial charge in [-0.2, -0.15) is 5.10 Å². The fourth-order valence-corrected chi connectivity index (χ4v) is 3.70. The van der Waals surface area contributed by atoms with Crippen molar-refractivity contribution in [3.63, 3.8) is 0 Å². The Labute approximate surface area is 172 Å². The molecule has 0 saturated carbocycles. The van der Waals surface area contributed by atoms with Crippen molar-refractivity contribution in [2.45, 2.75) is 18.9 Å². The standard InChI is InChI=1S/C20H19ClN6O2/c1-26-17(28)9-8-15(25-26)19(29)27-10-2-3-16(27)18-14(11-23-20(22)24-18)12-4-6-13(21)7-5-12/h4-9,11,16H,2-3,10H2,1H3,(H2,22,23,24)/t16-/m0/s1. The molecule has 0 aliphatic carbocycles. The number of halogens is 1. The van der Waals surface area contributed by atoms with E-state index in [1.165, 1.54) is 19.2 Å². The van der Waals surface area contributed by atoms with E-state index in [0.29, 0.717) is 17.3 Å². The lowest BCUT2D eigenvalue weighted by Gasteiger charge is -2.25. The number of hydrogen-bond donors (Lipinski definition) is 1. The Morgan fingerprint density at radius 3 is 2.69 bits per heavy atom. The number of nitrogens with two attached hydrogens (primary N) is 1. The van der Waals surface area contributed by atoms with Gasteiger partial charge in [-0.15, -0.1) is 0 Å². The number of carbonyl (C=O) groups excluding carboxylic acids is 1. The lowest BCUT2D eigenvalue weighted by molar-refractivity contribution is 0.0724. The number of hydrogen-bond acceptors (Lipinski definition) is 6. The highest BCUT2D eigenvalue weighted by atomic mass is 35.5. The van der Waals surface area contributed by atoms with E-state index in [9.17, 15) is 9.59 Å². The largest absolute Gasteiger partial charge is 0.368 e. The van der Waals surface area contributed by atoms with Crippen molar-refractivity contribution < 1.29 is 4.79 Å². The summed E-state index contributed by atoms with van der Waals surface area (Å²) in [6.07, 6.45) is 3.24. The van der Waals surface area contributed by atoms with Crippen molar-refractivity contribution in [2.75, 3.05) is 12.3 Å². The van der Waals surface area contributed by atoms with Gasteiger partial charge >= 0.3 is 0 Å². The summed E-state index contributed by atoms with van der Waals surface area (Å²) in [5.74, 6) is -0.0976. The second-order valence-electron chi connectivity index (χ2n) is 6.87. The maximum Gasteiger partial charge on any atom is 0.274 e. The van der Waals surface area contributed by atoms with E-state index in [1.54, 1.807) is 23.2 Å². The predicted molar refractivity (Wildman–Crippen MR) is 109 cm³/mol. The van der Waals surface area contributed by atoms with E-state index in [-0.39, 0.29) is 29.2 Å². The predicted octanol–water partition coefficient (Wildman–Crippen LogP) is 2.45. The highest BCUT2D eigenvalue weighted by Crippen LogP contribution is 2.37. The number of rotatable bonds is 3. The first-order valence-electron chi connectivity index (χ1n) is 9.18. The van der Waals surface area contributed by atoms with E-state index in [0.717, 1.165) is 28.7 Å². The molecule has 0 spiro atoms. The summed E-state index contributed by atoms with van der Waals surface area (Å²) in [4.78, 5) is 35.1. The highest BCUT2D eigenvalue weighted by Gasteiger charge is 2.34. The molecule has 9 heteroatoms. The molecule has 3 heterocycles. The van der Waals surface area contributed by atoms with Gasteiger partial charge in [0.15, 0.2) is 0 Å². The Hall–Kier alpha value is -3.26. The minimum absolute atomic E-state index is 0.150. The topological polar surface area (TPSA) is 107 Å². The van der Waals surface area contributed by atoms with Crippen LogP contribution in [0.3, 0.4) is 0 Å². The SMILES string of the molecule is Cn1nc(C(=O)N2CCC[C@H]2c2nc(N)ncc2-c2ccc(Cl)cc2)ccc1=O. The molecule has 1 aromatic carbocycles. The molecule has 8 nitrogen and oxygen atoms in total. The zero-order chi connectivity index (χ0) is 20.5. The van der Waals surface area contributed by atoms with Crippen LogP contribution >= 0.6 is 11.6 Å². The minimum Gasteiger partial charge on any atom is -0.368 e. The Morgan fingerprint density at radius 1 is 1.21 bits per heavy atom. The first-order valence-corrected chi connectivity index (χ1v) is 9.55. The number of anilines is 1. The first kappa shape index (κ1) is 19.1. The molecular weight excluding hydrogens is 392 g/mol. The number of likely N-dealkylation sites (tertiary alicyclic amines) is 1. The van der Waals surface area contributed by atoms with Crippen molar-refractivity contribution in [2.24, 2.45) is 7.05 Å². The quantitative estimate of drug-likeness (QED) is 0.710. The van der Waals surface area contributed by atoms with E-state index in [2.05, 4.69) is 15.1 Å². The lowest BCUT2D eigenvalue weighted by Crippen LogP contribution is -2.33. The molecule has 1 aliphatic heterocycles. The fourth-order valence-electron chi connectivity index (χ4n) is 3.57. The smallest absolute Gasteiger partial charge is 0.274 e. The van der Waals surface area contributed by atoms with E-state index >= 15 is 0 Å². The third-order valence-corrected chi connectivity index (χ3v) is 5.25. The van der Waals surface area contributed by atoms with Crippen LogP contribution in [0.15, 0.2) is 47.4 Å². The number of nitrogen functional groups attached to an aromatic ring is 1. The van der Waals surface area contributed by atoms with Crippen LogP contribution in [0.5, 0.6) is 0 Å². The monoisotopic (exact) mass is 410 g/mol. The summed E-state index contributed by atoms with van der Waals surface area (Å²) >= 11 is 6.01. The van der Waals surface area contributed by atoms with Crippen LogP contribution in [-0.2, 0) is 7.05 Å². The lowest BCUT2D eigenvalue weighted by atomic mass is 10.00. The van der Waals surface area contributed by atoms with E-state index < -0.39 is 0 Å². The van der Waals surface area contributed by atoms with Crippen LogP contribution in [-0.4, -0.2) is 37.1 Å². The summed E-state index contributed by atoms with van der Waals surface area (Å²) in [5.41, 5.74) is 8.20. The zero-order valence-electron chi connectivity index (χ0n) is 15.7. The fraction of sp³-hybridized carbons (Fsp3) is 0.250. The van der Waals surface area contributed by atoms with Gasteiger partial charge in [-0.05, 0) is 36.6 Å². The molecule has 29 heavy (non-hydrogen) atoms. The van der Waals surface area contributed by atoms with Gasteiger partial charge in [-0.1, -0.05) is 23.7 Å². The van der Waals surface area contributed by atoms with Gasteiger partial charge in [0.1, 0.15) is 5.69 Å². The van der Waals surface area contributed by atoms with Crippen molar-refractivity contribution >= 4 is 23.5 Å². The van der Waals surface area contributed by atoms with Crippen LogP contribution in [0.1, 0.15) is 35.1 Å². The van der Waals surface area contributed by atoms with Crippen LogP contribution in [0.25, 0.3) is 11.1 Å². The summed E-state index contributed by atoms with van der Waals surface area (Å²) in [6.45, 7) is 0.567. The normalized spacial score (nSPS) is 16.2. The molecule has 1 atom stereocenters. The van der Waals surface area contributed by atoms with Gasteiger partial charge in [0.25, 0.3) is 11.5 Å². The van der Waals surface area contributed by atoms with Crippen LogP contribution in [0.4, 0.5) is 5.95 Å². The van der Waals surface area contributed by atoms with Gasteiger partial charge in [-0.3, -0.25) is 9.59 Å². The van der Waals surface area contributed by atoms with Gasteiger partial charge in [0.05, 0.1) is 11.7 Å². The molecule has 0 bridgehead atoms. The van der Waals surface area contributed by atoms with Crippen LogP contribution in [0.2, 0.25) is 5.02 Å². The second-order valence-corrected chi connectivity index (χ2v) is 7.31. The molecule has 1 aliphatic rings. The molecule has 0 radical (unpaired) electrons. The molecular formula is C20H19ClN6O2. The van der Waals surface area contributed by atoms with E-state index in [1.807, 2.05) is 12.1 Å². The Balaban J connectivity index is 1.74. The van der Waals surface area contributed by atoms with Crippen molar-refractivity contribution in [1.82, 2.24) is 24.6 Å². The average Bonchev–Trinajstić information content (AvgIpc) is 3.20. The number of benzene rings is 1. The molecule has 1 amide bonds. The van der Waals surface area contributed by atoms with Gasteiger partial charge in [0.2, 0.25) is 5.95 Å². The molecule has 2 aromatic heterocycles. The zero-order valence-corrected chi connectivity index (χ0v) is 16.5. The van der Waals surface area contributed by atoms with E-state index in [4.69, 9.17) is 17.3 Å². The van der Waals surface area contributed by atoms with Crippen LogP contribution < -0.4 is 11.3 Å². The van der Waals surface area contributed by atoms with Gasteiger partial charge in [-0.25, -0.2) is 14.6 Å². The third kappa shape index (κ3) is 3.71. The average molecular weight is 411 g/mol. The van der Waals surface area contributed by atoms with Gasteiger partial charge < -0.3 is 10.6 Å². The maximum absolute atomic E-state index is 13.1. The van der Waals surface area contributed by atoms with Crippen LogP contribution in [0, 0.1) is 0 Å². The number of aryl methyl sites for hydroxylation is 1. The first-order chi connectivity index (χ1) is 13.9. The summed E-state index contributed by atoms with van der Waals surface area (Å²) in [7, 11) is 1.52. The summed E-state index contributed by atoms with van der Waals surface area (Å²) in [5, 5.41) is 4.72. The molecule has 0 unspecified atom stereocenters. The van der Waals surface area contributed by atoms with Crippen molar-refractivity contribution in [1.29, 1.82) is 0 Å². The molecule has 2 N–H and O–H groups in total. The Kier molecular flexibility index (Phi) is 5.02. The number of nitrogens with zero attached hydrogens (tertiary/aromatic N) is 5. The number of amides is 1. The molecule has 148 valence electrons. The highest BCUT2D eigenvalue weighted by molar-refractivity contribution is 6.30. The number of carbonyl (C=O) groups is 1. The molecule has 3 aromatic rings. The van der Waals surface area contributed by atoms with Crippen molar-refractivity contribution in [3.8, 4) is 11.1 Å². The minimum atomic E-state index is -0.270.